The lowest BCUT2D eigenvalue weighted by Gasteiger charge is -2.25. The van der Waals surface area contributed by atoms with Crippen LogP contribution in [0.4, 0.5) is 24.5 Å². The van der Waals surface area contributed by atoms with Gasteiger partial charge in [0.25, 0.3) is 10.0 Å². The van der Waals surface area contributed by atoms with Crippen molar-refractivity contribution < 1.29 is 35.9 Å². The molecule has 0 bridgehead atoms. The molecule has 7 nitrogen and oxygen atoms in total. The smallest absolute Gasteiger partial charge is 0.416 e. The van der Waals surface area contributed by atoms with Crippen molar-refractivity contribution in [2.75, 3.05) is 30.4 Å². The Morgan fingerprint density at radius 1 is 0.971 bits per heavy atom. The first kappa shape index (κ1) is 26.2. The van der Waals surface area contributed by atoms with Crippen molar-refractivity contribution in [3.63, 3.8) is 0 Å². The van der Waals surface area contributed by atoms with Gasteiger partial charge < -0.3 is 14.8 Å². The number of sulfonamides is 1. The molecule has 0 saturated carbocycles. The van der Waals surface area contributed by atoms with E-state index in [1.54, 1.807) is 12.1 Å². The van der Waals surface area contributed by atoms with Gasteiger partial charge in [-0.05, 0) is 48.5 Å². The van der Waals surface area contributed by atoms with Crippen molar-refractivity contribution in [2.24, 2.45) is 0 Å². The summed E-state index contributed by atoms with van der Waals surface area (Å²) in [5.74, 6) is -0.467. The molecule has 0 aliphatic carbocycles. The van der Waals surface area contributed by atoms with E-state index in [9.17, 15) is 26.4 Å². The van der Waals surface area contributed by atoms with Gasteiger partial charge in [0.15, 0.2) is 11.5 Å². The maximum absolute atomic E-state index is 13.6. The highest BCUT2D eigenvalue weighted by molar-refractivity contribution is 7.92. The van der Waals surface area contributed by atoms with E-state index in [1.165, 1.54) is 44.6 Å². The molecule has 0 unspecified atom stereocenters. The molecule has 0 aliphatic rings. The molecule has 0 spiro atoms. The van der Waals surface area contributed by atoms with Gasteiger partial charge in [-0.2, -0.15) is 13.2 Å². The summed E-state index contributed by atoms with van der Waals surface area (Å²) in [5, 5.41) is 2.82. The summed E-state index contributed by atoms with van der Waals surface area (Å²) in [7, 11) is -1.86. The van der Waals surface area contributed by atoms with Gasteiger partial charge in [0.05, 0.1) is 30.4 Å². The predicted molar refractivity (Wildman–Crippen MR) is 126 cm³/mol. The van der Waals surface area contributed by atoms with E-state index in [0.717, 1.165) is 18.2 Å². The van der Waals surface area contributed by atoms with Gasteiger partial charge in [-0.3, -0.25) is 9.10 Å². The lowest BCUT2D eigenvalue weighted by Crippen LogP contribution is -2.38. The van der Waals surface area contributed by atoms with E-state index in [0.29, 0.717) is 15.4 Å². The van der Waals surface area contributed by atoms with Crippen LogP contribution in [-0.4, -0.2) is 35.1 Å². The number of anilines is 2. The van der Waals surface area contributed by atoms with Gasteiger partial charge in [0.1, 0.15) is 6.54 Å². The van der Waals surface area contributed by atoms with Crippen LogP contribution >= 0.6 is 11.6 Å². The van der Waals surface area contributed by atoms with Crippen LogP contribution in [0, 0.1) is 0 Å². The summed E-state index contributed by atoms with van der Waals surface area (Å²) in [4.78, 5) is 12.4. The fraction of sp³-hybridized carbons (Fsp3) is 0.174. The minimum absolute atomic E-state index is 0.0842. The Balaban J connectivity index is 2.06. The molecule has 3 aromatic carbocycles. The van der Waals surface area contributed by atoms with E-state index >= 15 is 0 Å². The Morgan fingerprint density at radius 3 is 2.29 bits per heavy atom. The Kier molecular flexibility index (Phi) is 7.81. The van der Waals surface area contributed by atoms with Gasteiger partial charge in [0.2, 0.25) is 5.91 Å². The SMILES string of the molecule is COc1ccc(S(=O)(=O)N(CC(=O)Nc2cccc(Cl)c2)c2cccc(C(F)(F)F)c2)cc1OC. The molecule has 0 atom stereocenters. The van der Waals surface area contributed by atoms with Gasteiger partial charge in [0, 0.05) is 16.8 Å². The lowest BCUT2D eigenvalue weighted by molar-refractivity contribution is -0.137. The average molecular weight is 529 g/mol. The number of hydrogen-bond acceptors (Lipinski definition) is 5. The summed E-state index contributed by atoms with van der Waals surface area (Å²) >= 11 is 5.91. The molecule has 1 amide bonds. The summed E-state index contributed by atoms with van der Waals surface area (Å²) in [6.07, 6.45) is -4.72. The third-order valence-electron chi connectivity index (χ3n) is 4.80. The van der Waals surface area contributed by atoms with Gasteiger partial charge in [-0.25, -0.2) is 8.42 Å². The van der Waals surface area contributed by atoms with Crippen LogP contribution in [0.5, 0.6) is 11.5 Å². The van der Waals surface area contributed by atoms with Crippen LogP contribution in [0.3, 0.4) is 0 Å². The quantitative estimate of drug-likeness (QED) is 0.434. The number of alkyl halides is 3. The first-order chi connectivity index (χ1) is 16.5. The first-order valence-corrected chi connectivity index (χ1v) is 11.7. The Hall–Kier alpha value is -3.44. The number of ether oxygens (including phenoxy) is 2. The first-order valence-electron chi connectivity index (χ1n) is 9.93. The average Bonchev–Trinajstić information content (AvgIpc) is 2.81. The highest BCUT2D eigenvalue weighted by Crippen LogP contribution is 2.35. The lowest BCUT2D eigenvalue weighted by atomic mass is 10.2. The highest BCUT2D eigenvalue weighted by atomic mass is 35.5. The molecule has 1 N–H and O–H groups in total. The van der Waals surface area contributed by atoms with Gasteiger partial charge >= 0.3 is 6.18 Å². The molecule has 0 radical (unpaired) electrons. The Labute approximate surface area is 205 Å². The number of carbonyl (C=O) groups is 1. The van der Waals surface area contributed by atoms with Crippen LogP contribution in [-0.2, 0) is 21.0 Å². The van der Waals surface area contributed by atoms with Crippen LogP contribution in [0.15, 0.2) is 71.6 Å². The van der Waals surface area contributed by atoms with E-state index < -0.39 is 34.2 Å². The third-order valence-corrected chi connectivity index (χ3v) is 6.80. The highest BCUT2D eigenvalue weighted by Gasteiger charge is 2.33. The van der Waals surface area contributed by atoms with Crippen LogP contribution in [0.25, 0.3) is 0 Å². The topological polar surface area (TPSA) is 84.9 Å². The number of amides is 1. The molecule has 3 aromatic rings. The van der Waals surface area contributed by atoms with Crippen molar-refractivity contribution >= 4 is 38.9 Å². The molecule has 0 aromatic heterocycles. The third kappa shape index (κ3) is 6.17. The second-order valence-corrected chi connectivity index (χ2v) is 9.43. The number of benzene rings is 3. The second kappa shape index (κ2) is 10.4. The van der Waals surface area contributed by atoms with E-state index in [-0.39, 0.29) is 27.8 Å². The molecule has 35 heavy (non-hydrogen) atoms. The molecule has 3 rings (SSSR count). The minimum atomic E-state index is -4.72. The fourth-order valence-corrected chi connectivity index (χ4v) is 4.77. The van der Waals surface area contributed by atoms with E-state index in [2.05, 4.69) is 5.32 Å². The maximum atomic E-state index is 13.6. The maximum Gasteiger partial charge on any atom is 0.416 e. The summed E-state index contributed by atoms with van der Waals surface area (Å²) in [6.45, 7) is -0.815. The zero-order valence-electron chi connectivity index (χ0n) is 18.5. The van der Waals surface area contributed by atoms with Crippen molar-refractivity contribution in [1.82, 2.24) is 0 Å². The number of rotatable bonds is 8. The monoisotopic (exact) mass is 528 g/mol. The van der Waals surface area contributed by atoms with Crippen molar-refractivity contribution in [3.05, 3.63) is 77.3 Å². The van der Waals surface area contributed by atoms with Crippen molar-refractivity contribution in [3.8, 4) is 11.5 Å². The Morgan fingerprint density at radius 2 is 1.66 bits per heavy atom. The normalized spacial score (nSPS) is 11.6. The molecule has 12 heteroatoms. The molecule has 0 saturated heterocycles. The number of carbonyl (C=O) groups excluding carboxylic acids is 1. The van der Waals surface area contributed by atoms with E-state index in [1.807, 2.05) is 0 Å². The zero-order chi connectivity index (χ0) is 25.8. The molecule has 0 fully saturated rings. The van der Waals surface area contributed by atoms with Crippen LogP contribution < -0.4 is 19.1 Å². The standard InChI is InChI=1S/C23H20ClF3N2O5S/c1-33-20-10-9-19(13-21(20)34-2)35(31,32)29(18-8-3-5-15(11-18)23(25,26)27)14-22(30)28-17-7-4-6-16(24)12-17/h3-13H,14H2,1-2H3,(H,28,30). The molecule has 0 heterocycles. The minimum Gasteiger partial charge on any atom is -0.493 e. The van der Waals surface area contributed by atoms with E-state index in [4.69, 9.17) is 21.1 Å². The zero-order valence-corrected chi connectivity index (χ0v) is 20.0. The van der Waals surface area contributed by atoms with Crippen molar-refractivity contribution in [2.45, 2.75) is 11.1 Å². The molecular formula is C23H20ClF3N2O5S. The number of nitrogens with zero attached hydrogens (tertiary/aromatic N) is 1. The van der Waals surface area contributed by atoms with Gasteiger partial charge in [-0.1, -0.05) is 23.7 Å². The molecule has 186 valence electrons. The second-order valence-electron chi connectivity index (χ2n) is 7.14. The molecular weight excluding hydrogens is 509 g/mol. The number of nitrogens with one attached hydrogen (secondary N) is 1. The Bertz CT molecular complexity index is 1330. The summed E-state index contributed by atoms with van der Waals surface area (Å²) < 4.78 is 77.9. The number of methoxy groups -OCH3 is 2. The molecule has 0 aliphatic heterocycles. The van der Waals surface area contributed by atoms with Crippen LogP contribution in [0.2, 0.25) is 5.02 Å². The summed E-state index contributed by atoms with van der Waals surface area (Å²) in [5.41, 5.74) is -1.14. The largest absolute Gasteiger partial charge is 0.493 e. The number of halogens is 4. The summed E-state index contributed by atoms with van der Waals surface area (Å²) in [6, 6.07) is 13.5. The van der Waals surface area contributed by atoms with Crippen molar-refractivity contribution in [1.29, 1.82) is 0 Å². The fourth-order valence-electron chi connectivity index (χ4n) is 3.15. The van der Waals surface area contributed by atoms with Gasteiger partial charge in [-0.15, -0.1) is 0 Å². The predicted octanol–water partition coefficient (Wildman–Crippen LogP) is 5.21. The number of hydrogen-bond donors (Lipinski definition) is 1. The van der Waals surface area contributed by atoms with Crippen LogP contribution in [0.1, 0.15) is 5.56 Å².